The molecular formula is C21H38O2. The number of rotatable bonds is 17. The predicted octanol–water partition coefficient (Wildman–Crippen LogP) is 6.75. The fourth-order valence-corrected chi connectivity index (χ4v) is 2.58. The van der Waals surface area contributed by atoms with Gasteiger partial charge in [-0.25, -0.2) is 4.79 Å². The van der Waals surface area contributed by atoms with Gasteiger partial charge in [-0.05, 0) is 32.1 Å². The van der Waals surface area contributed by atoms with E-state index in [2.05, 4.69) is 25.7 Å². The van der Waals surface area contributed by atoms with Crippen LogP contribution in [-0.2, 0) is 9.53 Å². The highest BCUT2D eigenvalue weighted by molar-refractivity contribution is 5.81. The van der Waals surface area contributed by atoms with E-state index < -0.39 is 0 Å². The molecule has 0 aromatic rings. The Hall–Kier alpha value is -1.05. The van der Waals surface area contributed by atoms with Gasteiger partial charge in [-0.3, -0.25) is 0 Å². The summed E-state index contributed by atoms with van der Waals surface area (Å²) in [6.45, 7) is 6.18. The standard InChI is InChI=1S/C21H38O2/c1-3-5-6-7-8-9-10-11-12-13-14-15-16-17-18-19-20-23-21(22)4-2/h4,12-13H,2-3,5-11,14-20H2,1H3/b13-12+. The molecule has 0 spiro atoms. The maximum Gasteiger partial charge on any atom is 0.330 e. The molecule has 0 saturated heterocycles. The van der Waals surface area contributed by atoms with E-state index in [1.807, 2.05) is 0 Å². The van der Waals surface area contributed by atoms with Gasteiger partial charge in [0.2, 0.25) is 0 Å². The van der Waals surface area contributed by atoms with Gasteiger partial charge in [0, 0.05) is 6.08 Å². The molecule has 0 rings (SSSR count). The zero-order chi connectivity index (χ0) is 17.0. The minimum atomic E-state index is -0.309. The number of carbonyl (C=O) groups is 1. The van der Waals surface area contributed by atoms with Crippen LogP contribution in [0.5, 0.6) is 0 Å². The summed E-state index contributed by atoms with van der Waals surface area (Å²) in [5.41, 5.74) is 0. The SMILES string of the molecule is C=CC(=O)OCCCCCCC/C=C/CCCCCCCCC. The first-order valence-corrected chi connectivity index (χ1v) is 9.75. The Balaban J connectivity index is 3.11. The van der Waals surface area contributed by atoms with Crippen molar-refractivity contribution in [1.29, 1.82) is 0 Å². The highest BCUT2D eigenvalue weighted by atomic mass is 16.5. The molecule has 0 radical (unpaired) electrons. The summed E-state index contributed by atoms with van der Waals surface area (Å²) in [5, 5.41) is 0. The summed E-state index contributed by atoms with van der Waals surface area (Å²) < 4.78 is 4.94. The maximum absolute atomic E-state index is 10.8. The second kappa shape index (κ2) is 19.0. The van der Waals surface area contributed by atoms with Crippen molar-refractivity contribution in [3.8, 4) is 0 Å². The predicted molar refractivity (Wildman–Crippen MR) is 101 cm³/mol. The second-order valence-corrected chi connectivity index (χ2v) is 6.31. The largest absolute Gasteiger partial charge is 0.463 e. The topological polar surface area (TPSA) is 26.3 Å². The lowest BCUT2D eigenvalue weighted by molar-refractivity contribution is -0.137. The van der Waals surface area contributed by atoms with Crippen molar-refractivity contribution in [2.45, 2.75) is 96.8 Å². The van der Waals surface area contributed by atoms with Gasteiger partial charge in [0.05, 0.1) is 6.61 Å². The monoisotopic (exact) mass is 322 g/mol. The molecule has 0 heterocycles. The third-order valence-electron chi connectivity index (χ3n) is 4.07. The average molecular weight is 323 g/mol. The Morgan fingerprint density at radius 3 is 1.78 bits per heavy atom. The molecular weight excluding hydrogens is 284 g/mol. The van der Waals surface area contributed by atoms with Crippen LogP contribution >= 0.6 is 0 Å². The van der Waals surface area contributed by atoms with Crippen LogP contribution < -0.4 is 0 Å². The van der Waals surface area contributed by atoms with Crippen LogP contribution in [0.1, 0.15) is 96.8 Å². The summed E-state index contributed by atoms with van der Waals surface area (Å²) in [6.07, 6.45) is 24.0. The molecule has 0 aliphatic carbocycles. The van der Waals surface area contributed by atoms with Gasteiger partial charge in [-0.2, -0.15) is 0 Å². The Bertz CT molecular complexity index is 294. The summed E-state index contributed by atoms with van der Waals surface area (Å²) >= 11 is 0. The fourth-order valence-electron chi connectivity index (χ4n) is 2.58. The summed E-state index contributed by atoms with van der Waals surface area (Å²) in [4.78, 5) is 10.8. The van der Waals surface area contributed by atoms with E-state index in [1.54, 1.807) is 0 Å². The van der Waals surface area contributed by atoms with Crippen molar-refractivity contribution in [3.05, 3.63) is 24.8 Å². The van der Waals surface area contributed by atoms with Gasteiger partial charge in [0.25, 0.3) is 0 Å². The zero-order valence-corrected chi connectivity index (χ0v) is 15.4. The number of hydrogen-bond acceptors (Lipinski definition) is 2. The summed E-state index contributed by atoms with van der Waals surface area (Å²) in [6, 6.07) is 0. The summed E-state index contributed by atoms with van der Waals surface area (Å²) in [5.74, 6) is -0.309. The number of carbonyl (C=O) groups excluding carboxylic acids is 1. The van der Waals surface area contributed by atoms with E-state index in [4.69, 9.17) is 4.74 Å². The van der Waals surface area contributed by atoms with Crippen LogP contribution in [0.2, 0.25) is 0 Å². The Morgan fingerprint density at radius 1 is 0.783 bits per heavy atom. The minimum absolute atomic E-state index is 0.309. The summed E-state index contributed by atoms with van der Waals surface area (Å²) in [7, 11) is 0. The van der Waals surface area contributed by atoms with E-state index in [-0.39, 0.29) is 5.97 Å². The molecule has 0 unspecified atom stereocenters. The van der Waals surface area contributed by atoms with Crippen molar-refractivity contribution >= 4 is 5.97 Å². The van der Waals surface area contributed by atoms with E-state index in [0.717, 1.165) is 12.8 Å². The van der Waals surface area contributed by atoms with Gasteiger partial charge in [0.15, 0.2) is 0 Å². The number of allylic oxidation sites excluding steroid dienone is 2. The van der Waals surface area contributed by atoms with E-state index in [1.165, 1.54) is 83.1 Å². The first-order valence-electron chi connectivity index (χ1n) is 9.75. The quantitative estimate of drug-likeness (QED) is 0.128. The average Bonchev–Trinajstić information content (AvgIpc) is 2.57. The molecule has 0 N–H and O–H groups in total. The lowest BCUT2D eigenvalue weighted by Crippen LogP contribution is -2.01. The van der Waals surface area contributed by atoms with E-state index >= 15 is 0 Å². The van der Waals surface area contributed by atoms with Gasteiger partial charge < -0.3 is 4.74 Å². The molecule has 134 valence electrons. The highest BCUT2D eigenvalue weighted by Crippen LogP contribution is 2.10. The first-order chi connectivity index (χ1) is 11.3. The van der Waals surface area contributed by atoms with Gasteiger partial charge in [-0.1, -0.05) is 83.4 Å². The number of esters is 1. The third-order valence-corrected chi connectivity index (χ3v) is 4.07. The van der Waals surface area contributed by atoms with Gasteiger partial charge >= 0.3 is 5.97 Å². The first kappa shape index (κ1) is 21.9. The third kappa shape index (κ3) is 18.9. The highest BCUT2D eigenvalue weighted by Gasteiger charge is 1.95. The van der Waals surface area contributed by atoms with Crippen LogP contribution in [-0.4, -0.2) is 12.6 Å². The molecule has 0 aliphatic rings. The molecule has 0 aromatic heterocycles. The maximum atomic E-state index is 10.8. The number of hydrogen-bond donors (Lipinski definition) is 0. The molecule has 0 bridgehead atoms. The van der Waals surface area contributed by atoms with Crippen molar-refractivity contribution in [2.24, 2.45) is 0 Å². The Morgan fingerprint density at radius 2 is 1.26 bits per heavy atom. The lowest BCUT2D eigenvalue weighted by atomic mass is 10.1. The van der Waals surface area contributed by atoms with Gasteiger partial charge in [0.1, 0.15) is 0 Å². The normalized spacial score (nSPS) is 11.0. The van der Waals surface area contributed by atoms with E-state index in [0.29, 0.717) is 6.61 Å². The van der Waals surface area contributed by atoms with Crippen LogP contribution in [0.4, 0.5) is 0 Å². The van der Waals surface area contributed by atoms with Crippen LogP contribution in [0, 0.1) is 0 Å². The molecule has 2 nitrogen and oxygen atoms in total. The zero-order valence-electron chi connectivity index (χ0n) is 15.4. The van der Waals surface area contributed by atoms with Crippen molar-refractivity contribution in [1.82, 2.24) is 0 Å². The Labute approximate surface area is 144 Å². The Kier molecular flexibility index (Phi) is 18.1. The molecule has 2 heteroatoms. The smallest absolute Gasteiger partial charge is 0.330 e. The van der Waals surface area contributed by atoms with Crippen LogP contribution in [0.3, 0.4) is 0 Å². The minimum Gasteiger partial charge on any atom is -0.463 e. The van der Waals surface area contributed by atoms with Crippen LogP contribution in [0.15, 0.2) is 24.8 Å². The molecule has 0 aliphatic heterocycles. The molecule has 23 heavy (non-hydrogen) atoms. The number of unbranched alkanes of at least 4 members (excludes halogenated alkanes) is 12. The van der Waals surface area contributed by atoms with Crippen LogP contribution in [0.25, 0.3) is 0 Å². The molecule has 0 amide bonds. The van der Waals surface area contributed by atoms with E-state index in [9.17, 15) is 4.79 Å². The fraction of sp³-hybridized carbons (Fsp3) is 0.762. The number of ether oxygens (including phenoxy) is 1. The molecule has 0 saturated carbocycles. The van der Waals surface area contributed by atoms with Crippen molar-refractivity contribution < 1.29 is 9.53 Å². The molecule has 0 aromatic carbocycles. The van der Waals surface area contributed by atoms with Crippen molar-refractivity contribution in [3.63, 3.8) is 0 Å². The second-order valence-electron chi connectivity index (χ2n) is 6.31. The molecule has 0 atom stereocenters. The molecule has 0 fully saturated rings. The van der Waals surface area contributed by atoms with Crippen molar-refractivity contribution in [2.75, 3.05) is 6.61 Å². The lowest BCUT2D eigenvalue weighted by Gasteiger charge is -2.02. The van der Waals surface area contributed by atoms with Gasteiger partial charge in [-0.15, -0.1) is 0 Å².